The smallest absolute Gasteiger partial charge is 0.297 e. The number of hydrogen-bond acceptors (Lipinski definition) is 8. The molecule has 0 aliphatic heterocycles. The molecule has 3 heterocycles. The van der Waals surface area contributed by atoms with Crippen molar-refractivity contribution in [3.63, 3.8) is 0 Å². The van der Waals surface area contributed by atoms with E-state index in [-0.39, 0.29) is 23.6 Å². The van der Waals surface area contributed by atoms with Crippen LogP contribution in [0, 0.1) is 0 Å². The van der Waals surface area contributed by atoms with Crippen molar-refractivity contribution < 1.29 is 4.42 Å². The van der Waals surface area contributed by atoms with Crippen LogP contribution in [0.4, 0.5) is 11.9 Å². The number of rotatable bonds is 3. The molecule has 0 saturated carbocycles. The van der Waals surface area contributed by atoms with E-state index in [1.54, 1.807) is 25.1 Å². The van der Waals surface area contributed by atoms with E-state index < -0.39 is 0 Å². The maximum atomic E-state index is 12.7. The lowest BCUT2D eigenvalue weighted by Crippen LogP contribution is -2.23. The molecule has 2 N–H and O–H groups in total. The molecular weight excluding hydrogens is 322 g/mol. The van der Waals surface area contributed by atoms with Gasteiger partial charge in [-0.2, -0.15) is 15.0 Å². The van der Waals surface area contributed by atoms with Crippen LogP contribution in [0.2, 0.25) is 0 Å². The fourth-order valence-corrected chi connectivity index (χ4v) is 2.58. The number of nitrogens with two attached hydrogens (primary N) is 1. The Kier molecular flexibility index (Phi) is 3.34. The molecule has 4 rings (SSSR count). The molecule has 0 aliphatic rings. The van der Waals surface area contributed by atoms with Crippen LogP contribution < -0.4 is 16.2 Å². The van der Waals surface area contributed by atoms with Gasteiger partial charge >= 0.3 is 0 Å². The number of benzene rings is 1. The lowest BCUT2D eigenvalue weighted by Gasteiger charge is -2.11. The van der Waals surface area contributed by atoms with E-state index in [9.17, 15) is 4.79 Å². The first kappa shape index (κ1) is 15.1. The van der Waals surface area contributed by atoms with Crippen molar-refractivity contribution in [3.05, 3.63) is 46.8 Å². The van der Waals surface area contributed by atoms with Gasteiger partial charge in [-0.25, -0.2) is 4.98 Å². The second-order valence-electron chi connectivity index (χ2n) is 5.76. The standard InChI is InChI=1S/C16H15N7O2/c1-22(2)16-20-11(19-15(17)21-16)7-23-8-18-12-9-5-3-4-6-10(9)25-13(12)14(23)24/h3-6,8H,7H2,1-2H3,(H2,17,19,20,21). The van der Waals surface area contributed by atoms with Crippen molar-refractivity contribution in [1.82, 2.24) is 24.5 Å². The maximum absolute atomic E-state index is 12.7. The van der Waals surface area contributed by atoms with Gasteiger partial charge in [-0.15, -0.1) is 0 Å². The van der Waals surface area contributed by atoms with Gasteiger partial charge in [0.15, 0.2) is 5.82 Å². The van der Waals surface area contributed by atoms with Crippen LogP contribution in [-0.4, -0.2) is 38.6 Å². The van der Waals surface area contributed by atoms with E-state index in [0.29, 0.717) is 22.9 Å². The van der Waals surface area contributed by atoms with E-state index in [4.69, 9.17) is 10.2 Å². The monoisotopic (exact) mass is 337 g/mol. The van der Waals surface area contributed by atoms with E-state index in [1.165, 1.54) is 10.9 Å². The molecule has 25 heavy (non-hydrogen) atoms. The highest BCUT2D eigenvalue weighted by atomic mass is 16.3. The number of anilines is 2. The molecule has 9 nitrogen and oxygen atoms in total. The molecule has 9 heteroatoms. The third-order valence-electron chi connectivity index (χ3n) is 3.75. The quantitative estimate of drug-likeness (QED) is 0.589. The molecule has 126 valence electrons. The molecule has 1 aromatic carbocycles. The summed E-state index contributed by atoms with van der Waals surface area (Å²) in [7, 11) is 3.60. The van der Waals surface area contributed by atoms with Gasteiger partial charge < -0.3 is 15.1 Å². The molecule has 0 bridgehead atoms. The van der Waals surface area contributed by atoms with Gasteiger partial charge in [-0.05, 0) is 12.1 Å². The average molecular weight is 337 g/mol. The second kappa shape index (κ2) is 5.55. The summed E-state index contributed by atoms with van der Waals surface area (Å²) in [6.07, 6.45) is 1.46. The Balaban J connectivity index is 1.81. The van der Waals surface area contributed by atoms with Crippen molar-refractivity contribution in [1.29, 1.82) is 0 Å². The zero-order chi connectivity index (χ0) is 17.6. The SMILES string of the molecule is CN(C)c1nc(N)nc(Cn2cnc3c(oc4ccccc43)c2=O)n1. The molecule has 3 aromatic heterocycles. The summed E-state index contributed by atoms with van der Waals surface area (Å²) < 4.78 is 7.05. The number of nitrogens with zero attached hydrogens (tertiary/aromatic N) is 6. The molecule has 0 fully saturated rings. The van der Waals surface area contributed by atoms with E-state index in [0.717, 1.165) is 5.39 Å². The van der Waals surface area contributed by atoms with Crippen LogP contribution in [-0.2, 0) is 6.54 Å². The molecule has 0 spiro atoms. The molecule has 0 saturated heterocycles. The largest absolute Gasteiger partial charge is 0.448 e. The van der Waals surface area contributed by atoms with Gasteiger partial charge in [-0.3, -0.25) is 9.36 Å². The predicted molar refractivity (Wildman–Crippen MR) is 93.4 cm³/mol. The van der Waals surface area contributed by atoms with Crippen molar-refractivity contribution in [3.8, 4) is 0 Å². The summed E-state index contributed by atoms with van der Waals surface area (Å²) in [6, 6.07) is 7.39. The number of aromatic nitrogens is 5. The number of hydrogen-bond donors (Lipinski definition) is 1. The molecular formula is C16H15N7O2. The Morgan fingerprint density at radius 3 is 2.80 bits per heavy atom. The van der Waals surface area contributed by atoms with E-state index >= 15 is 0 Å². The Bertz CT molecular complexity index is 1150. The normalized spacial score (nSPS) is 11.3. The summed E-state index contributed by atoms with van der Waals surface area (Å²) in [5.74, 6) is 0.892. The van der Waals surface area contributed by atoms with Gasteiger partial charge in [0.25, 0.3) is 5.56 Å². The topological polar surface area (TPSA) is 116 Å². The first-order valence-electron chi connectivity index (χ1n) is 7.57. The van der Waals surface area contributed by atoms with Crippen LogP contribution in [0.5, 0.6) is 0 Å². The van der Waals surface area contributed by atoms with E-state index in [2.05, 4.69) is 19.9 Å². The Morgan fingerprint density at radius 1 is 1.20 bits per heavy atom. The van der Waals surface area contributed by atoms with E-state index in [1.807, 2.05) is 18.2 Å². The fourth-order valence-electron chi connectivity index (χ4n) is 2.58. The first-order chi connectivity index (χ1) is 12.0. The molecule has 4 aromatic rings. The lowest BCUT2D eigenvalue weighted by molar-refractivity contribution is 0.635. The maximum Gasteiger partial charge on any atom is 0.297 e. The van der Waals surface area contributed by atoms with Crippen molar-refractivity contribution in [2.24, 2.45) is 0 Å². The summed E-state index contributed by atoms with van der Waals surface area (Å²) in [4.78, 5) is 31.2. The highest BCUT2D eigenvalue weighted by Crippen LogP contribution is 2.24. The summed E-state index contributed by atoms with van der Waals surface area (Å²) >= 11 is 0. The minimum atomic E-state index is -0.299. The Hall–Kier alpha value is -3.49. The molecule has 0 aliphatic carbocycles. The lowest BCUT2D eigenvalue weighted by atomic mass is 10.2. The molecule has 0 unspecified atom stereocenters. The van der Waals surface area contributed by atoms with Gasteiger partial charge in [0.05, 0.1) is 12.9 Å². The zero-order valence-corrected chi connectivity index (χ0v) is 13.7. The highest BCUT2D eigenvalue weighted by Gasteiger charge is 2.14. The predicted octanol–water partition coefficient (Wildman–Crippen LogP) is 1.02. The summed E-state index contributed by atoms with van der Waals surface area (Å²) in [6.45, 7) is 0.117. The molecule has 0 radical (unpaired) electrons. The summed E-state index contributed by atoms with van der Waals surface area (Å²) in [5, 5.41) is 0.807. The van der Waals surface area contributed by atoms with Crippen LogP contribution in [0.15, 0.2) is 39.8 Å². The van der Waals surface area contributed by atoms with Gasteiger partial charge in [-0.1, -0.05) is 12.1 Å². The van der Waals surface area contributed by atoms with Gasteiger partial charge in [0, 0.05) is 19.5 Å². The minimum absolute atomic E-state index is 0.0968. The number of furan rings is 1. The highest BCUT2D eigenvalue weighted by molar-refractivity contribution is 6.01. The van der Waals surface area contributed by atoms with Crippen molar-refractivity contribution in [2.45, 2.75) is 6.54 Å². The van der Waals surface area contributed by atoms with Gasteiger partial charge in [0.1, 0.15) is 11.1 Å². The number of fused-ring (bicyclic) bond motifs is 3. The minimum Gasteiger partial charge on any atom is -0.448 e. The van der Waals surface area contributed by atoms with Gasteiger partial charge in [0.2, 0.25) is 17.5 Å². The third kappa shape index (κ3) is 2.55. The molecule has 0 amide bonds. The van der Waals surface area contributed by atoms with Crippen molar-refractivity contribution >= 4 is 34.0 Å². The van der Waals surface area contributed by atoms with Crippen molar-refractivity contribution in [2.75, 3.05) is 24.7 Å². The Morgan fingerprint density at radius 2 is 2.00 bits per heavy atom. The molecule has 0 atom stereocenters. The van der Waals surface area contributed by atoms with Crippen LogP contribution in [0.3, 0.4) is 0 Å². The first-order valence-corrected chi connectivity index (χ1v) is 7.57. The fraction of sp³-hybridized carbons (Fsp3) is 0.188. The third-order valence-corrected chi connectivity index (χ3v) is 3.75. The second-order valence-corrected chi connectivity index (χ2v) is 5.76. The zero-order valence-electron chi connectivity index (χ0n) is 13.7. The van der Waals surface area contributed by atoms with Crippen LogP contribution in [0.1, 0.15) is 5.82 Å². The summed E-state index contributed by atoms with van der Waals surface area (Å²) in [5.41, 5.74) is 6.79. The van der Waals surface area contributed by atoms with Crippen LogP contribution >= 0.6 is 0 Å². The number of para-hydroxylation sites is 1. The average Bonchev–Trinajstić information content (AvgIpc) is 2.96. The Labute approximate surface area is 141 Å². The number of nitrogen functional groups attached to an aromatic ring is 1. The van der Waals surface area contributed by atoms with Crippen LogP contribution in [0.25, 0.3) is 22.1 Å².